The van der Waals surface area contributed by atoms with Crippen LogP contribution in [0.2, 0.25) is 37.8 Å². The zero-order valence-corrected chi connectivity index (χ0v) is 33.2. The highest BCUT2D eigenvalue weighted by Gasteiger charge is 2.94. The molecule has 6 nitrogen and oxygen atoms in total. The zero-order valence-electron chi connectivity index (χ0n) is 31.2. The molecule has 2 unspecified atom stereocenters. The molecule has 0 N–H and O–H groups in total. The molecule has 7 rings (SSSR count). The van der Waals surface area contributed by atoms with E-state index < -0.39 is 44.0 Å². The number of nitriles is 1. The van der Waals surface area contributed by atoms with Crippen molar-refractivity contribution in [2.45, 2.75) is 153 Å². The van der Waals surface area contributed by atoms with Crippen LogP contribution in [-0.2, 0) is 30.0 Å². The number of rotatable bonds is 6. The molecule has 1 spiro atoms. The maximum absolute atomic E-state index is 11.8. The van der Waals surface area contributed by atoms with Gasteiger partial charge in [-0.05, 0) is 80.1 Å². The predicted molar refractivity (Wildman–Crippen MR) is 190 cm³/mol. The summed E-state index contributed by atoms with van der Waals surface area (Å²) in [4.78, 5) is 0. The first-order valence-corrected chi connectivity index (χ1v) is 24.4. The van der Waals surface area contributed by atoms with Crippen LogP contribution in [0.3, 0.4) is 0 Å². The first-order chi connectivity index (χ1) is 21.5. The van der Waals surface area contributed by atoms with Crippen molar-refractivity contribution in [3.8, 4) is 6.07 Å². The molecular formula is C39H59NO5Si2. The molecule has 6 aliphatic rings. The summed E-state index contributed by atoms with van der Waals surface area (Å²) in [6.07, 6.45) is 0.640. The predicted octanol–water partition coefficient (Wildman–Crippen LogP) is 8.65. The second kappa shape index (κ2) is 9.72. The normalized spacial score (nSPS) is 45.9. The number of nitrogens with zero attached hydrogens (tertiary/aromatic N) is 1. The van der Waals surface area contributed by atoms with Gasteiger partial charge < -0.3 is 23.4 Å². The highest BCUT2D eigenvalue weighted by Crippen LogP contribution is 2.82. The Hall–Kier alpha value is -1.32. The number of hydrogen-bond donors (Lipinski definition) is 0. The van der Waals surface area contributed by atoms with Crippen LogP contribution >= 0.6 is 0 Å². The highest BCUT2D eigenvalue weighted by atomic mass is 28.4. The molecule has 4 aliphatic carbocycles. The third kappa shape index (κ3) is 4.23. The Bertz CT molecular complexity index is 1520. The van der Waals surface area contributed by atoms with Crippen molar-refractivity contribution >= 4 is 16.4 Å². The molecule has 4 saturated carbocycles. The van der Waals surface area contributed by atoms with E-state index in [9.17, 15) is 5.26 Å². The van der Waals surface area contributed by atoms with E-state index in [1.54, 1.807) is 0 Å². The number of ether oxygens (including phenoxy) is 4. The highest BCUT2D eigenvalue weighted by molar-refractivity contribution is 6.81. The van der Waals surface area contributed by atoms with Crippen LogP contribution in [-0.4, -0.2) is 56.9 Å². The molecule has 0 aromatic heterocycles. The van der Waals surface area contributed by atoms with Crippen LogP contribution in [0.25, 0.3) is 0 Å². The summed E-state index contributed by atoms with van der Waals surface area (Å²) in [5.41, 5.74) is -0.0146. The van der Waals surface area contributed by atoms with Gasteiger partial charge in [0.15, 0.2) is 14.1 Å². The molecule has 0 amide bonds. The summed E-state index contributed by atoms with van der Waals surface area (Å²) in [6, 6.07) is 13.4. The fourth-order valence-electron chi connectivity index (χ4n) is 11.4. The summed E-state index contributed by atoms with van der Waals surface area (Å²) in [6.45, 7) is 35.3. The molecule has 11 atom stereocenters. The monoisotopic (exact) mass is 677 g/mol. The van der Waals surface area contributed by atoms with Crippen LogP contribution in [0.1, 0.15) is 73.8 Å². The van der Waals surface area contributed by atoms with Crippen LogP contribution in [0, 0.1) is 45.8 Å². The number of fused-ring (bicyclic) bond motifs is 5. The van der Waals surface area contributed by atoms with E-state index in [-0.39, 0.29) is 40.6 Å². The summed E-state index contributed by atoms with van der Waals surface area (Å²) in [5.74, 6) is -0.260. The zero-order chi connectivity index (χ0) is 34.6. The Kier molecular flexibility index (Phi) is 7.06. The Morgan fingerprint density at radius 2 is 1.62 bits per heavy atom. The minimum absolute atomic E-state index is 0.0154. The summed E-state index contributed by atoms with van der Waals surface area (Å²) in [5, 5.41) is 11.3. The minimum atomic E-state index is -2.26. The Balaban J connectivity index is 1.45. The lowest BCUT2D eigenvalue weighted by molar-refractivity contribution is -0.201. The summed E-state index contributed by atoms with van der Waals surface area (Å²) < 4.78 is 36.3. The molecule has 0 radical (unpaired) electrons. The van der Waals surface area contributed by atoms with Crippen molar-refractivity contribution in [1.82, 2.24) is 0 Å². The van der Waals surface area contributed by atoms with Crippen LogP contribution in [0.15, 0.2) is 42.5 Å². The first kappa shape index (κ1) is 34.1. The van der Waals surface area contributed by atoms with Gasteiger partial charge in [-0.2, -0.15) is 5.26 Å². The van der Waals surface area contributed by atoms with Gasteiger partial charge in [-0.3, -0.25) is 0 Å². The first-order valence-electron chi connectivity index (χ1n) is 18.0. The van der Waals surface area contributed by atoms with Crippen molar-refractivity contribution in [2.24, 2.45) is 34.5 Å². The molecule has 6 fully saturated rings. The molecule has 2 saturated heterocycles. The van der Waals surface area contributed by atoms with Gasteiger partial charge in [0.25, 0.3) is 0 Å². The van der Waals surface area contributed by atoms with Crippen molar-refractivity contribution in [1.29, 1.82) is 5.26 Å². The van der Waals surface area contributed by atoms with Crippen LogP contribution in [0.5, 0.6) is 0 Å². The number of epoxide rings is 1. The maximum Gasteiger partial charge on any atom is 0.192 e. The molecule has 8 heteroatoms. The average Bonchev–Trinajstić information content (AvgIpc) is 3.75. The van der Waals surface area contributed by atoms with Crippen LogP contribution in [0.4, 0.5) is 0 Å². The van der Waals surface area contributed by atoms with E-state index in [0.29, 0.717) is 24.9 Å². The quantitative estimate of drug-likeness (QED) is 0.171. The van der Waals surface area contributed by atoms with E-state index >= 15 is 0 Å². The smallest absolute Gasteiger partial charge is 0.192 e. The largest absolute Gasteiger partial charge is 0.410 e. The maximum atomic E-state index is 11.8. The van der Waals surface area contributed by atoms with E-state index in [2.05, 4.69) is 105 Å². The molecule has 1 aromatic rings. The van der Waals surface area contributed by atoms with Crippen molar-refractivity contribution in [3.05, 3.63) is 48.0 Å². The Labute approximate surface area is 286 Å². The van der Waals surface area contributed by atoms with Gasteiger partial charge in [-0.25, -0.2) is 0 Å². The van der Waals surface area contributed by atoms with Gasteiger partial charge in [-0.15, -0.1) is 0 Å². The second-order valence-electron chi connectivity index (χ2n) is 19.7. The van der Waals surface area contributed by atoms with Gasteiger partial charge in [0.1, 0.15) is 22.5 Å². The minimum Gasteiger partial charge on any atom is -0.410 e. The Morgan fingerprint density at radius 3 is 2.19 bits per heavy atom. The van der Waals surface area contributed by atoms with Gasteiger partial charge in [0, 0.05) is 11.8 Å². The van der Waals surface area contributed by atoms with E-state index in [4.69, 9.17) is 30.0 Å². The fraction of sp³-hybridized carbons (Fsp3) is 0.769. The summed E-state index contributed by atoms with van der Waals surface area (Å²) >= 11 is 0. The molecule has 2 heterocycles. The van der Waals surface area contributed by atoms with Gasteiger partial charge in [0.2, 0.25) is 0 Å². The Morgan fingerprint density at radius 1 is 0.979 bits per heavy atom. The molecule has 47 heavy (non-hydrogen) atoms. The van der Waals surface area contributed by atoms with Gasteiger partial charge in [0.05, 0.1) is 38.4 Å². The molecule has 0 bridgehead atoms. The lowest BCUT2D eigenvalue weighted by Gasteiger charge is -2.51. The topological polar surface area (TPSA) is 73.2 Å². The lowest BCUT2D eigenvalue weighted by atomic mass is 9.57. The third-order valence-corrected chi connectivity index (χ3v) is 21.8. The third-order valence-electron chi connectivity index (χ3n) is 14.4. The van der Waals surface area contributed by atoms with Crippen molar-refractivity contribution in [3.63, 3.8) is 0 Å². The average molecular weight is 678 g/mol. The van der Waals surface area contributed by atoms with E-state index in [0.717, 1.165) is 17.6 Å². The van der Waals surface area contributed by atoms with Gasteiger partial charge in [-0.1, -0.05) is 91.2 Å². The van der Waals surface area contributed by atoms with Crippen molar-refractivity contribution < 1.29 is 23.4 Å². The van der Waals surface area contributed by atoms with Crippen molar-refractivity contribution in [2.75, 3.05) is 0 Å². The summed E-state index contributed by atoms with van der Waals surface area (Å²) in [7, 11) is -4.37. The SMILES string of the molecule is C=C1[C@H](O[Si](C)(C)C(C)(C)C)[C@@H]2CC3(C#N)[C@@H]([C@@H]4C(C[C@H]3OCc3ccccc3)C4(C)C)[C@]3(C)OC(C)(C)O[C@@H]3[C@]23O[C@]13[Si](C)(C)C. The van der Waals surface area contributed by atoms with E-state index in [1.807, 2.05) is 19.9 Å². The fourth-order valence-corrected chi connectivity index (χ4v) is 15.7. The second-order valence-corrected chi connectivity index (χ2v) is 29.7. The lowest BCUT2D eigenvalue weighted by Crippen LogP contribution is -2.60. The molecule has 258 valence electrons. The van der Waals surface area contributed by atoms with E-state index in [1.165, 1.54) is 0 Å². The molecule has 2 aliphatic heterocycles. The van der Waals surface area contributed by atoms with Gasteiger partial charge >= 0.3 is 0 Å². The standard InChI is InChI=1S/C39H59NO5Si2/c1-24-30(43-47(13,14)33(2,3)4)27-21-37(23-40)28(41-22-25-18-16-15-17-19-25)20-26-29(34(26,5)6)31(37)36(9)32(42-35(7,8)44-36)38(27)39(24,45-38)46(10,11)12/h15-19,26-32H,1,20-22H2,2-14H3/t26?,27-,28+,29-,30-,31-,32-,36-,37?,38+,39-/m0/s1. The number of hydrogen-bond acceptors (Lipinski definition) is 6. The van der Waals surface area contributed by atoms with Crippen LogP contribution < -0.4 is 0 Å². The molecule has 1 aromatic carbocycles. The number of benzene rings is 1. The molecular weight excluding hydrogens is 619 g/mol.